The second-order valence-electron chi connectivity index (χ2n) is 14.3. The molecule has 1 aliphatic heterocycles. The summed E-state index contributed by atoms with van der Waals surface area (Å²) < 4.78 is 31.6. The number of rotatable bonds is 15. The first-order valence-corrected chi connectivity index (χ1v) is 19.3. The number of carbonyl (C=O) groups is 5. The van der Waals surface area contributed by atoms with Crippen LogP contribution in [-0.2, 0) is 45.0 Å². The lowest BCUT2D eigenvalue weighted by Crippen LogP contribution is -2.58. The Labute approximate surface area is 295 Å². The van der Waals surface area contributed by atoms with Crippen LogP contribution in [0.1, 0.15) is 96.7 Å². The third-order valence-electron chi connectivity index (χ3n) is 9.41. The van der Waals surface area contributed by atoms with Crippen molar-refractivity contribution in [1.29, 1.82) is 0 Å². The molecule has 1 heterocycles. The fourth-order valence-corrected chi connectivity index (χ4v) is 8.90. The van der Waals surface area contributed by atoms with Gasteiger partial charge in [0.15, 0.2) is 9.84 Å². The lowest BCUT2D eigenvalue weighted by Gasteiger charge is -2.36. The largest absolute Gasteiger partial charge is 0.457 e. The minimum atomic E-state index is -3.73. The van der Waals surface area contributed by atoms with E-state index in [1.54, 1.807) is 44.2 Å². The lowest BCUT2D eigenvalue weighted by molar-refractivity contribution is -0.158. The Balaban J connectivity index is 1.65. The first-order valence-electron chi connectivity index (χ1n) is 17.7. The van der Waals surface area contributed by atoms with Gasteiger partial charge in [-0.25, -0.2) is 13.2 Å². The molecule has 2 aromatic rings. The molecule has 2 aromatic carbocycles. The van der Waals surface area contributed by atoms with Gasteiger partial charge in [-0.15, -0.1) is 0 Å². The summed E-state index contributed by atoms with van der Waals surface area (Å²) in [6, 6.07) is 11.2. The normalized spacial score (nSPS) is 18.8. The SMILES string of the molecule is CC(=O)N(C1CS(=O)(=O)c2ccccc21)[C@@H](Cc1ccccc1)C(=O)N[C@@H](CC(C)C)C(=O)NC(CC1CCCCC1)C(=O)C(=O)OC(C)C. The van der Waals surface area contributed by atoms with Gasteiger partial charge in [0, 0.05) is 13.3 Å². The van der Waals surface area contributed by atoms with Crippen LogP contribution in [0.15, 0.2) is 59.5 Å². The molecule has 1 fully saturated rings. The maximum atomic E-state index is 14.4. The first kappa shape index (κ1) is 38.7. The Hall–Kier alpha value is -4.06. The zero-order valence-corrected chi connectivity index (χ0v) is 30.5. The third-order valence-corrected chi connectivity index (χ3v) is 11.2. The van der Waals surface area contributed by atoms with E-state index in [1.165, 1.54) is 17.9 Å². The highest BCUT2D eigenvalue weighted by atomic mass is 32.2. The van der Waals surface area contributed by atoms with Crippen molar-refractivity contribution in [3.8, 4) is 0 Å². The second kappa shape index (κ2) is 17.2. The monoisotopic (exact) mass is 709 g/mol. The summed E-state index contributed by atoms with van der Waals surface area (Å²) in [5.41, 5.74) is 1.17. The lowest BCUT2D eigenvalue weighted by atomic mass is 9.84. The number of benzene rings is 2. The second-order valence-corrected chi connectivity index (χ2v) is 16.3. The zero-order valence-electron chi connectivity index (χ0n) is 29.7. The van der Waals surface area contributed by atoms with E-state index in [-0.39, 0.29) is 41.7 Å². The number of fused-ring (bicyclic) bond motifs is 1. The predicted molar refractivity (Wildman–Crippen MR) is 188 cm³/mol. The van der Waals surface area contributed by atoms with E-state index in [0.717, 1.165) is 37.7 Å². The van der Waals surface area contributed by atoms with Crippen LogP contribution in [0.5, 0.6) is 0 Å². The zero-order chi connectivity index (χ0) is 36.6. The molecule has 11 nitrogen and oxygen atoms in total. The number of carbonyl (C=O) groups excluding carboxylic acids is 5. The molecule has 4 atom stereocenters. The van der Waals surface area contributed by atoms with Gasteiger partial charge in [-0.05, 0) is 55.7 Å². The van der Waals surface area contributed by atoms with Crippen molar-refractivity contribution in [2.24, 2.45) is 11.8 Å². The molecular formula is C38H51N3O8S. The van der Waals surface area contributed by atoms with Crippen molar-refractivity contribution < 1.29 is 37.1 Å². The topological polar surface area (TPSA) is 156 Å². The van der Waals surface area contributed by atoms with Crippen LogP contribution in [0.3, 0.4) is 0 Å². The number of ether oxygens (including phenoxy) is 1. The molecule has 0 spiro atoms. The Kier molecular flexibility index (Phi) is 13.4. The molecule has 2 aliphatic rings. The van der Waals surface area contributed by atoms with E-state index < -0.39 is 69.6 Å². The molecule has 50 heavy (non-hydrogen) atoms. The highest BCUT2D eigenvalue weighted by molar-refractivity contribution is 7.91. The number of nitrogens with zero attached hydrogens (tertiary/aromatic N) is 1. The van der Waals surface area contributed by atoms with Crippen LogP contribution in [0.4, 0.5) is 0 Å². The Morgan fingerprint density at radius 2 is 1.46 bits per heavy atom. The van der Waals surface area contributed by atoms with E-state index in [0.29, 0.717) is 5.56 Å². The molecule has 0 saturated heterocycles. The molecule has 0 aromatic heterocycles. The molecule has 12 heteroatoms. The van der Waals surface area contributed by atoms with Gasteiger partial charge < -0.3 is 20.3 Å². The van der Waals surface area contributed by atoms with Gasteiger partial charge in [0.1, 0.15) is 12.1 Å². The minimum Gasteiger partial charge on any atom is -0.457 e. The number of hydrogen-bond donors (Lipinski definition) is 2. The first-order chi connectivity index (χ1) is 23.7. The Morgan fingerprint density at radius 1 is 0.840 bits per heavy atom. The predicted octanol–water partition coefficient (Wildman–Crippen LogP) is 4.48. The summed E-state index contributed by atoms with van der Waals surface area (Å²) in [6.07, 6.45) is 4.90. The number of sulfone groups is 1. The molecule has 1 saturated carbocycles. The van der Waals surface area contributed by atoms with Gasteiger partial charge in [-0.3, -0.25) is 19.2 Å². The maximum Gasteiger partial charge on any atom is 0.377 e. The quantitative estimate of drug-likeness (QED) is 0.203. The van der Waals surface area contributed by atoms with Crippen LogP contribution in [0.2, 0.25) is 0 Å². The Bertz CT molecular complexity index is 1640. The van der Waals surface area contributed by atoms with Gasteiger partial charge >= 0.3 is 5.97 Å². The van der Waals surface area contributed by atoms with E-state index >= 15 is 0 Å². The van der Waals surface area contributed by atoms with Crippen molar-refractivity contribution >= 4 is 39.3 Å². The average Bonchev–Trinajstić information content (AvgIpc) is 3.33. The highest BCUT2D eigenvalue weighted by Crippen LogP contribution is 2.38. The maximum absolute atomic E-state index is 14.4. The van der Waals surface area contributed by atoms with E-state index in [9.17, 15) is 32.4 Å². The number of hydrogen-bond acceptors (Lipinski definition) is 8. The third kappa shape index (κ3) is 10.0. The molecule has 0 bridgehead atoms. The van der Waals surface area contributed by atoms with Gasteiger partial charge in [0.2, 0.25) is 17.7 Å². The van der Waals surface area contributed by atoms with E-state index in [1.807, 2.05) is 32.0 Å². The van der Waals surface area contributed by atoms with Gasteiger partial charge in [0.25, 0.3) is 5.78 Å². The van der Waals surface area contributed by atoms with Crippen molar-refractivity contribution in [2.45, 2.75) is 121 Å². The van der Waals surface area contributed by atoms with Crippen LogP contribution < -0.4 is 10.6 Å². The van der Waals surface area contributed by atoms with E-state index in [2.05, 4.69) is 10.6 Å². The standard InChI is InChI=1S/C38H51N3O8S/c1-24(2)20-31(36(44)39-30(21-27-14-8-6-9-15-27)35(43)38(46)49-25(3)4)40-37(45)32(22-28-16-10-7-11-17-28)41(26(5)42)33-23-50(47,48)34-19-13-12-18-29(33)34/h7,10-13,16-19,24-25,27,30-33H,6,8-9,14-15,20-23H2,1-5H3,(H,39,44)(H,40,45)/t30?,31-,32-,33?/m0/s1. The van der Waals surface area contributed by atoms with Crippen molar-refractivity contribution in [1.82, 2.24) is 15.5 Å². The molecule has 4 rings (SSSR count). The summed E-state index contributed by atoms with van der Waals surface area (Å²) in [7, 11) is -3.73. The molecule has 3 amide bonds. The molecule has 272 valence electrons. The number of nitrogens with one attached hydrogen (secondary N) is 2. The molecular weight excluding hydrogens is 658 g/mol. The van der Waals surface area contributed by atoms with Gasteiger partial charge in [0.05, 0.1) is 28.8 Å². The van der Waals surface area contributed by atoms with Crippen molar-refractivity contribution in [2.75, 3.05) is 5.75 Å². The molecule has 0 radical (unpaired) electrons. The van der Waals surface area contributed by atoms with Crippen molar-refractivity contribution in [3.05, 3.63) is 65.7 Å². The summed E-state index contributed by atoms with van der Waals surface area (Å²) in [6.45, 7) is 8.37. The molecule has 2 unspecified atom stereocenters. The number of ketones is 1. The summed E-state index contributed by atoms with van der Waals surface area (Å²) >= 11 is 0. The number of Topliss-reactive ketones (excluding diaryl/α,β-unsaturated/α-hetero) is 1. The van der Waals surface area contributed by atoms with Crippen LogP contribution in [0, 0.1) is 11.8 Å². The smallest absolute Gasteiger partial charge is 0.377 e. The summed E-state index contributed by atoms with van der Waals surface area (Å²) in [5, 5.41) is 5.64. The van der Waals surface area contributed by atoms with Crippen molar-refractivity contribution in [3.63, 3.8) is 0 Å². The highest BCUT2D eigenvalue weighted by Gasteiger charge is 2.44. The Morgan fingerprint density at radius 3 is 2.08 bits per heavy atom. The fraction of sp³-hybridized carbons (Fsp3) is 0.553. The van der Waals surface area contributed by atoms with E-state index in [4.69, 9.17) is 4.74 Å². The average molecular weight is 710 g/mol. The summed E-state index contributed by atoms with van der Waals surface area (Å²) in [4.78, 5) is 69.4. The minimum absolute atomic E-state index is 0.0603. The number of esters is 1. The number of amides is 3. The van der Waals surface area contributed by atoms with Gasteiger partial charge in [-0.2, -0.15) is 0 Å². The van der Waals surface area contributed by atoms with Crippen LogP contribution in [-0.4, -0.2) is 72.8 Å². The fourth-order valence-electron chi connectivity index (χ4n) is 7.11. The molecule has 2 N–H and O–H groups in total. The van der Waals surface area contributed by atoms with Crippen LogP contribution in [0.25, 0.3) is 0 Å². The van der Waals surface area contributed by atoms with Crippen LogP contribution >= 0.6 is 0 Å². The summed E-state index contributed by atoms with van der Waals surface area (Å²) in [5.74, 6) is -3.90. The van der Waals surface area contributed by atoms with Gasteiger partial charge in [-0.1, -0.05) is 94.5 Å². The molecule has 1 aliphatic carbocycles.